The normalized spacial score (nSPS) is 11.1. The number of esters is 1. The van der Waals surface area contributed by atoms with E-state index in [1.54, 1.807) is 6.92 Å². The minimum absolute atomic E-state index is 0.102. The summed E-state index contributed by atoms with van der Waals surface area (Å²) in [5.41, 5.74) is -0.406. The summed E-state index contributed by atoms with van der Waals surface area (Å²) in [5.74, 6) is -2.58. The van der Waals surface area contributed by atoms with Gasteiger partial charge in [0.15, 0.2) is 0 Å². The Morgan fingerprint density at radius 3 is 2.00 bits per heavy atom. The topological polar surface area (TPSA) is 43.4 Å². The second-order valence-corrected chi connectivity index (χ2v) is 3.12. The molecule has 0 saturated heterocycles. The summed E-state index contributed by atoms with van der Waals surface area (Å²) in [6, 6.07) is 4.14. The Morgan fingerprint density at radius 2 is 1.59 bits per heavy atom. The first-order chi connectivity index (χ1) is 7.86. The molecule has 0 spiro atoms. The third kappa shape index (κ3) is 3.30. The molecule has 1 aromatic carbocycles. The SMILES string of the molecule is CCOC(=O)c1ccc(C(=O)C(F)(F)F)cc1. The first-order valence-electron chi connectivity index (χ1n) is 4.75. The molecular formula is C11H9F3O3. The van der Waals surface area contributed by atoms with Gasteiger partial charge in [-0.25, -0.2) is 4.79 Å². The van der Waals surface area contributed by atoms with Crippen LogP contribution >= 0.6 is 0 Å². The Balaban J connectivity index is 2.89. The molecule has 0 aliphatic heterocycles. The fraction of sp³-hybridized carbons (Fsp3) is 0.273. The highest BCUT2D eigenvalue weighted by atomic mass is 19.4. The van der Waals surface area contributed by atoms with Crippen LogP contribution in [0, 0.1) is 0 Å². The van der Waals surface area contributed by atoms with Crippen LogP contribution in [0.5, 0.6) is 0 Å². The molecule has 0 fully saturated rings. The summed E-state index contributed by atoms with van der Waals surface area (Å²) in [4.78, 5) is 22.0. The lowest BCUT2D eigenvalue weighted by Crippen LogP contribution is -2.22. The number of halogens is 3. The van der Waals surface area contributed by atoms with Crippen molar-refractivity contribution in [1.29, 1.82) is 0 Å². The highest BCUT2D eigenvalue weighted by Crippen LogP contribution is 2.21. The lowest BCUT2D eigenvalue weighted by molar-refractivity contribution is -0.0885. The third-order valence-corrected chi connectivity index (χ3v) is 1.92. The number of ether oxygens (including phenoxy) is 1. The van der Waals surface area contributed by atoms with E-state index in [2.05, 4.69) is 4.74 Å². The van der Waals surface area contributed by atoms with Crippen molar-refractivity contribution in [2.24, 2.45) is 0 Å². The van der Waals surface area contributed by atoms with E-state index in [4.69, 9.17) is 0 Å². The molecule has 0 unspecified atom stereocenters. The van der Waals surface area contributed by atoms with Gasteiger partial charge in [-0.3, -0.25) is 4.79 Å². The van der Waals surface area contributed by atoms with Gasteiger partial charge in [-0.15, -0.1) is 0 Å². The van der Waals surface area contributed by atoms with E-state index < -0.39 is 23.5 Å². The molecule has 0 aliphatic rings. The highest BCUT2D eigenvalue weighted by Gasteiger charge is 2.39. The first kappa shape index (κ1) is 13.2. The molecule has 0 saturated carbocycles. The van der Waals surface area contributed by atoms with Crippen LogP contribution in [0.1, 0.15) is 27.6 Å². The number of alkyl halides is 3. The summed E-state index contributed by atoms with van der Waals surface area (Å²) in [5, 5.41) is 0. The lowest BCUT2D eigenvalue weighted by atomic mass is 10.1. The van der Waals surface area contributed by atoms with E-state index in [1.807, 2.05) is 0 Å². The van der Waals surface area contributed by atoms with Gasteiger partial charge in [0.25, 0.3) is 5.78 Å². The molecule has 1 aromatic rings. The number of hydrogen-bond donors (Lipinski definition) is 0. The number of benzene rings is 1. The van der Waals surface area contributed by atoms with Crippen LogP contribution in [-0.2, 0) is 4.74 Å². The molecule has 3 nitrogen and oxygen atoms in total. The van der Waals surface area contributed by atoms with Crippen LogP contribution in [0.15, 0.2) is 24.3 Å². The maximum atomic E-state index is 12.1. The van der Waals surface area contributed by atoms with Crippen molar-refractivity contribution < 1.29 is 27.5 Å². The molecule has 1 rings (SSSR count). The smallest absolute Gasteiger partial charge is 0.454 e. The summed E-state index contributed by atoms with van der Waals surface area (Å²) in [7, 11) is 0. The number of rotatable bonds is 3. The van der Waals surface area contributed by atoms with E-state index in [0.717, 1.165) is 24.3 Å². The average Bonchev–Trinajstić information content (AvgIpc) is 2.27. The van der Waals surface area contributed by atoms with Crippen molar-refractivity contribution in [2.45, 2.75) is 13.1 Å². The van der Waals surface area contributed by atoms with Crippen LogP contribution in [-0.4, -0.2) is 24.5 Å². The van der Waals surface area contributed by atoms with Gasteiger partial charge in [0.2, 0.25) is 0 Å². The average molecular weight is 246 g/mol. The molecule has 92 valence electrons. The number of hydrogen-bond acceptors (Lipinski definition) is 3. The highest BCUT2D eigenvalue weighted by molar-refractivity contribution is 6.01. The molecular weight excluding hydrogens is 237 g/mol. The summed E-state index contributed by atoms with van der Waals surface area (Å²) in [6.45, 7) is 1.78. The molecule has 0 aromatic heterocycles. The zero-order valence-electron chi connectivity index (χ0n) is 8.88. The second-order valence-electron chi connectivity index (χ2n) is 3.12. The van der Waals surface area contributed by atoms with Gasteiger partial charge in [-0.05, 0) is 19.1 Å². The van der Waals surface area contributed by atoms with Crippen molar-refractivity contribution >= 4 is 11.8 Å². The van der Waals surface area contributed by atoms with E-state index in [9.17, 15) is 22.8 Å². The quantitative estimate of drug-likeness (QED) is 0.608. The Morgan fingerprint density at radius 1 is 1.12 bits per heavy atom. The number of carbonyl (C=O) groups excluding carboxylic acids is 2. The van der Waals surface area contributed by atoms with Crippen LogP contribution in [0.25, 0.3) is 0 Å². The molecule has 0 aliphatic carbocycles. The Kier molecular flexibility index (Phi) is 3.88. The van der Waals surface area contributed by atoms with Crippen molar-refractivity contribution in [3.63, 3.8) is 0 Å². The Hall–Kier alpha value is -1.85. The third-order valence-electron chi connectivity index (χ3n) is 1.92. The monoisotopic (exact) mass is 246 g/mol. The van der Waals surface area contributed by atoms with Crippen LogP contribution in [0.3, 0.4) is 0 Å². The van der Waals surface area contributed by atoms with E-state index in [1.165, 1.54) is 0 Å². The maximum Gasteiger partial charge on any atom is 0.454 e. The lowest BCUT2D eigenvalue weighted by Gasteiger charge is -2.06. The fourth-order valence-corrected chi connectivity index (χ4v) is 1.14. The van der Waals surface area contributed by atoms with Crippen molar-refractivity contribution in [1.82, 2.24) is 0 Å². The van der Waals surface area contributed by atoms with Gasteiger partial charge < -0.3 is 4.74 Å². The Labute approximate surface area is 95.2 Å². The van der Waals surface area contributed by atoms with Crippen molar-refractivity contribution in [3.8, 4) is 0 Å². The van der Waals surface area contributed by atoms with Crippen LogP contribution < -0.4 is 0 Å². The largest absolute Gasteiger partial charge is 0.462 e. The predicted molar refractivity (Wildman–Crippen MR) is 52.8 cm³/mol. The zero-order valence-corrected chi connectivity index (χ0v) is 8.88. The van der Waals surface area contributed by atoms with Crippen molar-refractivity contribution in [2.75, 3.05) is 6.61 Å². The summed E-state index contributed by atoms with van der Waals surface area (Å²) >= 11 is 0. The maximum absolute atomic E-state index is 12.1. The number of ketones is 1. The van der Waals surface area contributed by atoms with Crippen LogP contribution in [0.4, 0.5) is 13.2 Å². The van der Waals surface area contributed by atoms with E-state index in [-0.39, 0.29) is 12.2 Å². The van der Waals surface area contributed by atoms with Gasteiger partial charge in [-0.2, -0.15) is 13.2 Å². The zero-order chi connectivity index (χ0) is 13.1. The van der Waals surface area contributed by atoms with Gasteiger partial charge in [0.1, 0.15) is 0 Å². The molecule has 0 atom stereocenters. The van der Waals surface area contributed by atoms with Crippen molar-refractivity contribution in [3.05, 3.63) is 35.4 Å². The number of Topliss-reactive ketones (excluding diaryl/α,β-unsaturated/α-hetero) is 1. The fourth-order valence-electron chi connectivity index (χ4n) is 1.14. The second kappa shape index (κ2) is 4.99. The minimum Gasteiger partial charge on any atom is -0.462 e. The molecule has 6 heteroatoms. The standard InChI is InChI=1S/C11H9F3O3/c1-2-17-10(16)8-5-3-7(4-6-8)9(15)11(12,13)14/h3-6H,2H2,1H3. The predicted octanol–water partition coefficient (Wildman–Crippen LogP) is 2.61. The number of carbonyl (C=O) groups is 2. The molecule has 0 N–H and O–H groups in total. The first-order valence-corrected chi connectivity index (χ1v) is 4.75. The molecule has 0 radical (unpaired) electrons. The molecule has 0 amide bonds. The van der Waals surface area contributed by atoms with E-state index in [0.29, 0.717) is 0 Å². The summed E-state index contributed by atoms with van der Waals surface area (Å²) < 4.78 is 40.9. The Bertz CT molecular complexity index is 421. The molecule has 17 heavy (non-hydrogen) atoms. The van der Waals surface area contributed by atoms with Gasteiger partial charge in [-0.1, -0.05) is 12.1 Å². The molecule has 0 bridgehead atoms. The minimum atomic E-state index is -4.91. The summed E-state index contributed by atoms with van der Waals surface area (Å²) in [6.07, 6.45) is -4.91. The molecule has 0 heterocycles. The van der Waals surface area contributed by atoms with E-state index >= 15 is 0 Å². The van der Waals surface area contributed by atoms with Gasteiger partial charge in [0, 0.05) is 5.56 Å². The van der Waals surface area contributed by atoms with Gasteiger partial charge in [0.05, 0.1) is 12.2 Å². The van der Waals surface area contributed by atoms with Crippen LogP contribution in [0.2, 0.25) is 0 Å². The van der Waals surface area contributed by atoms with Gasteiger partial charge >= 0.3 is 12.1 Å².